The Balaban J connectivity index is 1.47. The molecule has 1 aliphatic rings. The quantitative estimate of drug-likeness (QED) is 0.568. The highest BCUT2D eigenvalue weighted by molar-refractivity contribution is 7.12. The fourth-order valence-corrected chi connectivity index (χ4v) is 4.61. The molecule has 2 N–H and O–H groups in total. The largest absolute Gasteiger partial charge is 0.325 e. The standard InChI is InChI=1S/C24H24N2O2S/c1-17-6-8-18(9-7-17)24(14-2-3-15-24)23(28)26-20-12-10-19(11-13-20)25-22(27)21-5-4-16-29-21/h4-13,16H,2-3,14-15H2,1H3,(H,25,27)(H,26,28). The molecule has 148 valence electrons. The number of hydrogen-bond donors (Lipinski definition) is 2. The molecule has 1 heterocycles. The van der Waals surface area contributed by atoms with Gasteiger partial charge in [0.1, 0.15) is 0 Å². The maximum atomic E-state index is 13.3. The van der Waals surface area contributed by atoms with Crippen LogP contribution in [0.1, 0.15) is 46.5 Å². The van der Waals surface area contributed by atoms with Crippen LogP contribution in [0, 0.1) is 6.92 Å². The molecule has 0 saturated heterocycles. The van der Waals surface area contributed by atoms with E-state index in [2.05, 4.69) is 41.8 Å². The summed E-state index contributed by atoms with van der Waals surface area (Å²) in [4.78, 5) is 26.1. The fraction of sp³-hybridized carbons (Fsp3) is 0.250. The van der Waals surface area contributed by atoms with Gasteiger partial charge in [0.25, 0.3) is 5.91 Å². The number of hydrogen-bond acceptors (Lipinski definition) is 3. The van der Waals surface area contributed by atoms with Gasteiger partial charge in [0.15, 0.2) is 0 Å². The highest BCUT2D eigenvalue weighted by atomic mass is 32.1. The lowest BCUT2D eigenvalue weighted by Crippen LogP contribution is -2.38. The average Bonchev–Trinajstić information content (AvgIpc) is 3.43. The van der Waals surface area contributed by atoms with Gasteiger partial charge >= 0.3 is 0 Å². The van der Waals surface area contributed by atoms with Crippen LogP contribution in [0.25, 0.3) is 0 Å². The van der Waals surface area contributed by atoms with Gasteiger partial charge in [0.2, 0.25) is 5.91 Å². The van der Waals surface area contributed by atoms with Crippen LogP contribution in [0.2, 0.25) is 0 Å². The summed E-state index contributed by atoms with van der Waals surface area (Å²) in [7, 11) is 0. The minimum atomic E-state index is -0.459. The minimum absolute atomic E-state index is 0.0502. The summed E-state index contributed by atoms with van der Waals surface area (Å²) in [6, 6.07) is 19.3. The van der Waals surface area contributed by atoms with E-state index in [1.165, 1.54) is 16.9 Å². The number of carbonyl (C=O) groups excluding carboxylic acids is 2. The normalized spacial score (nSPS) is 15.1. The van der Waals surface area contributed by atoms with Gasteiger partial charge in [0, 0.05) is 11.4 Å². The van der Waals surface area contributed by atoms with Crippen LogP contribution < -0.4 is 10.6 Å². The van der Waals surface area contributed by atoms with Crippen molar-refractivity contribution in [2.45, 2.75) is 38.0 Å². The molecule has 4 nitrogen and oxygen atoms in total. The zero-order valence-corrected chi connectivity index (χ0v) is 17.2. The lowest BCUT2D eigenvalue weighted by molar-refractivity contribution is -0.121. The van der Waals surface area contributed by atoms with Crippen LogP contribution in [0.5, 0.6) is 0 Å². The molecule has 0 unspecified atom stereocenters. The van der Waals surface area contributed by atoms with E-state index in [4.69, 9.17) is 0 Å². The Kier molecular flexibility index (Phi) is 5.49. The molecule has 29 heavy (non-hydrogen) atoms. The molecule has 1 fully saturated rings. The molecule has 2 amide bonds. The summed E-state index contributed by atoms with van der Waals surface area (Å²) in [5, 5.41) is 7.85. The number of benzene rings is 2. The first kappa shape index (κ1) is 19.4. The minimum Gasteiger partial charge on any atom is -0.325 e. The van der Waals surface area contributed by atoms with E-state index >= 15 is 0 Å². The highest BCUT2D eigenvalue weighted by Crippen LogP contribution is 2.42. The van der Waals surface area contributed by atoms with Gasteiger partial charge in [-0.15, -0.1) is 11.3 Å². The first-order valence-electron chi connectivity index (χ1n) is 9.90. The molecule has 4 rings (SSSR count). The SMILES string of the molecule is Cc1ccc(C2(C(=O)Nc3ccc(NC(=O)c4cccs4)cc3)CCCC2)cc1. The Hall–Kier alpha value is -2.92. The number of amides is 2. The maximum Gasteiger partial charge on any atom is 0.265 e. The molecular weight excluding hydrogens is 380 g/mol. The first-order valence-corrected chi connectivity index (χ1v) is 10.8. The summed E-state index contributed by atoms with van der Waals surface area (Å²) in [6.07, 6.45) is 3.87. The number of nitrogens with one attached hydrogen (secondary N) is 2. The monoisotopic (exact) mass is 404 g/mol. The second-order valence-corrected chi connectivity index (χ2v) is 8.57. The predicted molar refractivity (Wildman–Crippen MR) is 119 cm³/mol. The van der Waals surface area contributed by atoms with Crippen LogP contribution in [0.3, 0.4) is 0 Å². The molecule has 1 saturated carbocycles. The van der Waals surface area contributed by atoms with Crippen LogP contribution in [0.15, 0.2) is 66.0 Å². The second kappa shape index (κ2) is 8.21. The zero-order valence-electron chi connectivity index (χ0n) is 16.4. The summed E-state index contributed by atoms with van der Waals surface area (Å²) < 4.78 is 0. The van der Waals surface area contributed by atoms with Gasteiger partial charge in [-0.3, -0.25) is 9.59 Å². The van der Waals surface area contributed by atoms with Gasteiger partial charge in [-0.2, -0.15) is 0 Å². The van der Waals surface area contributed by atoms with Crippen molar-refractivity contribution in [3.05, 3.63) is 82.0 Å². The van der Waals surface area contributed by atoms with E-state index in [1.54, 1.807) is 6.07 Å². The van der Waals surface area contributed by atoms with Crippen LogP contribution in [0.4, 0.5) is 11.4 Å². The fourth-order valence-electron chi connectivity index (χ4n) is 3.99. The van der Waals surface area contributed by atoms with Gasteiger partial charge in [0.05, 0.1) is 10.3 Å². The molecule has 1 aromatic heterocycles. The lowest BCUT2D eigenvalue weighted by atomic mass is 9.77. The van der Waals surface area contributed by atoms with Gasteiger partial charge < -0.3 is 10.6 Å². The first-order chi connectivity index (χ1) is 14.1. The molecule has 2 aromatic carbocycles. The lowest BCUT2D eigenvalue weighted by Gasteiger charge is -2.28. The third-order valence-corrected chi connectivity index (χ3v) is 6.51. The second-order valence-electron chi connectivity index (χ2n) is 7.62. The average molecular weight is 405 g/mol. The number of rotatable bonds is 5. The van der Waals surface area contributed by atoms with Crippen LogP contribution in [-0.4, -0.2) is 11.8 Å². The van der Waals surface area contributed by atoms with Crippen LogP contribution in [-0.2, 0) is 10.2 Å². The van der Waals surface area contributed by atoms with Crippen molar-refractivity contribution in [1.82, 2.24) is 0 Å². The Labute approximate surface area is 175 Å². The molecule has 0 radical (unpaired) electrons. The van der Waals surface area contributed by atoms with Crippen molar-refractivity contribution in [3.8, 4) is 0 Å². The number of anilines is 2. The topological polar surface area (TPSA) is 58.2 Å². The van der Waals surface area contributed by atoms with Crippen molar-refractivity contribution in [2.24, 2.45) is 0 Å². The highest BCUT2D eigenvalue weighted by Gasteiger charge is 2.42. The zero-order chi connectivity index (χ0) is 20.3. The molecular formula is C24H24N2O2S. The summed E-state index contributed by atoms with van der Waals surface area (Å²) >= 11 is 1.41. The van der Waals surface area contributed by atoms with Crippen molar-refractivity contribution >= 4 is 34.5 Å². The Morgan fingerprint density at radius 1 is 0.862 bits per heavy atom. The Morgan fingerprint density at radius 3 is 2.07 bits per heavy atom. The number of thiophene rings is 1. The molecule has 1 aliphatic carbocycles. The third kappa shape index (κ3) is 4.10. The van der Waals surface area contributed by atoms with E-state index in [9.17, 15) is 9.59 Å². The van der Waals surface area contributed by atoms with Gasteiger partial charge in [-0.05, 0) is 61.0 Å². The van der Waals surface area contributed by atoms with Gasteiger partial charge in [-0.1, -0.05) is 48.7 Å². The Bertz CT molecular complexity index is 986. The van der Waals surface area contributed by atoms with Crippen molar-refractivity contribution in [1.29, 1.82) is 0 Å². The number of carbonyl (C=O) groups is 2. The molecule has 0 spiro atoms. The summed E-state index contributed by atoms with van der Waals surface area (Å²) in [5.74, 6) is -0.0738. The molecule has 0 aliphatic heterocycles. The summed E-state index contributed by atoms with van der Waals surface area (Å²) in [6.45, 7) is 2.06. The number of aryl methyl sites for hydroxylation is 1. The van der Waals surface area contributed by atoms with Crippen LogP contribution >= 0.6 is 11.3 Å². The van der Waals surface area contributed by atoms with Crippen molar-refractivity contribution < 1.29 is 9.59 Å². The van der Waals surface area contributed by atoms with E-state index < -0.39 is 5.41 Å². The van der Waals surface area contributed by atoms with E-state index in [0.717, 1.165) is 36.9 Å². The third-order valence-electron chi connectivity index (χ3n) is 5.64. The summed E-state index contributed by atoms with van der Waals surface area (Å²) in [5.41, 5.74) is 3.28. The molecule has 5 heteroatoms. The molecule has 3 aromatic rings. The van der Waals surface area contributed by atoms with Crippen molar-refractivity contribution in [3.63, 3.8) is 0 Å². The smallest absolute Gasteiger partial charge is 0.265 e. The van der Waals surface area contributed by atoms with E-state index in [-0.39, 0.29) is 11.8 Å². The Morgan fingerprint density at radius 2 is 1.48 bits per heavy atom. The maximum absolute atomic E-state index is 13.3. The van der Waals surface area contributed by atoms with Gasteiger partial charge in [-0.25, -0.2) is 0 Å². The molecule has 0 bridgehead atoms. The van der Waals surface area contributed by atoms with Crippen molar-refractivity contribution in [2.75, 3.05) is 10.6 Å². The molecule has 0 atom stereocenters. The van der Waals surface area contributed by atoms with E-state index in [1.807, 2.05) is 35.7 Å². The predicted octanol–water partition coefficient (Wildman–Crippen LogP) is 5.76. The van der Waals surface area contributed by atoms with E-state index in [0.29, 0.717) is 10.6 Å².